The van der Waals surface area contributed by atoms with Crippen LogP contribution in [0.15, 0.2) is 36.0 Å². The molecule has 6 unspecified atom stereocenters. The molecule has 0 radical (unpaired) electrons. The van der Waals surface area contributed by atoms with Gasteiger partial charge in [-0.3, -0.25) is 14.4 Å². The fraction of sp³-hybridized carbons (Fsp3) is 0.762. The van der Waals surface area contributed by atoms with Crippen LogP contribution < -0.4 is 0 Å². The summed E-state index contributed by atoms with van der Waals surface area (Å²) in [5.74, 6) is -8.41. The van der Waals surface area contributed by atoms with Gasteiger partial charge < -0.3 is 44.6 Å². The molecule has 1 amide bonds. The summed E-state index contributed by atoms with van der Waals surface area (Å²) in [6.07, 6.45) is 2.08. The highest BCUT2D eigenvalue weighted by atomic mass is 16.6. The van der Waals surface area contributed by atoms with Gasteiger partial charge in [0.25, 0.3) is 11.7 Å². The number of nitrogens with zero attached hydrogens (tertiary/aromatic N) is 1. The molecule has 55 heavy (non-hydrogen) atoms. The lowest BCUT2D eigenvalue weighted by Gasteiger charge is -2.38. The molecule has 2 bridgehead atoms. The second-order valence-corrected chi connectivity index (χ2v) is 16.9. The van der Waals surface area contributed by atoms with Crippen LogP contribution in [0, 0.1) is 29.6 Å². The highest BCUT2D eigenvalue weighted by molar-refractivity contribution is 6.39. The Kier molecular flexibility index (Phi) is 16.0. The van der Waals surface area contributed by atoms with E-state index in [2.05, 4.69) is 6.58 Å². The summed E-state index contributed by atoms with van der Waals surface area (Å²) in [6.45, 7) is 12.7. The van der Waals surface area contributed by atoms with Crippen molar-refractivity contribution in [2.24, 2.45) is 29.6 Å². The number of rotatable bonds is 5. The van der Waals surface area contributed by atoms with E-state index in [1.165, 1.54) is 6.92 Å². The van der Waals surface area contributed by atoms with Crippen molar-refractivity contribution in [2.75, 3.05) is 13.7 Å². The molecule has 13 nitrogen and oxygen atoms in total. The van der Waals surface area contributed by atoms with Gasteiger partial charge in [0.1, 0.15) is 24.0 Å². The molecule has 2 saturated heterocycles. The summed E-state index contributed by atoms with van der Waals surface area (Å²) < 4.78 is 17.4. The molecule has 14 atom stereocenters. The molecule has 1 saturated carbocycles. The summed E-state index contributed by atoms with van der Waals surface area (Å²) in [5, 5.41) is 55.7. The number of piperidine rings is 1. The number of hydrogen-bond donors (Lipinski definition) is 5. The third-order valence-corrected chi connectivity index (χ3v) is 12.3. The second kappa shape index (κ2) is 19.6. The van der Waals surface area contributed by atoms with Crippen molar-refractivity contribution in [1.29, 1.82) is 0 Å². The van der Waals surface area contributed by atoms with Crippen LogP contribution >= 0.6 is 0 Å². The average molecular weight is 776 g/mol. The molecule has 13 heteroatoms. The molecular weight excluding hydrogens is 710 g/mol. The zero-order valence-corrected chi connectivity index (χ0v) is 33.5. The number of aliphatic hydroxyl groups is 5. The maximum Gasteiger partial charge on any atom is 0.329 e. The molecular formula is C42H65NO12. The van der Waals surface area contributed by atoms with Crippen LogP contribution in [-0.2, 0) is 33.4 Å². The molecule has 4 rings (SSSR count). The summed E-state index contributed by atoms with van der Waals surface area (Å²) >= 11 is 0. The fourth-order valence-corrected chi connectivity index (χ4v) is 8.99. The van der Waals surface area contributed by atoms with Crippen molar-refractivity contribution in [1.82, 2.24) is 4.90 Å². The molecule has 1 aliphatic carbocycles. The number of fused-ring (bicyclic) bond motifs is 3. The summed E-state index contributed by atoms with van der Waals surface area (Å²) in [6, 6.07) is -1.18. The van der Waals surface area contributed by atoms with E-state index in [4.69, 9.17) is 14.2 Å². The Bertz CT molecular complexity index is 1440. The number of cyclic esters (lactones) is 1. The molecule has 3 heterocycles. The molecule has 0 aromatic rings. The quantitative estimate of drug-likeness (QED) is 0.155. The van der Waals surface area contributed by atoms with Gasteiger partial charge in [-0.2, -0.15) is 0 Å². The van der Waals surface area contributed by atoms with Crippen LogP contribution in [0.25, 0.3) is 0 Å². The zero-order chi connectivity index (χ0) is 40.8. The lowest BCUT2D eigenvalue weighted by molar-refractivity contribution is -0.224. The van der Waals surface area contributed by atoms with Crippen LogP contribution in [0.2, 0.25) is 0 Å². The monoisotopic (exact) mass is 775 g/mol. The van der Waals surface area contributed by atoms with E-state index in [-0.39, 0.29) is 56.0 Å². The van der Waals surface area contributed by atoms with Gasteiger partial charge in [-0.15, -0.1) is 6.58 Å². The van der Waals surface area contributed by atoms with Crippen LogP contribution in [0.3, 0.4) is 0 Å². The number of aliphatic hydroxyl groups excluding tert-OH is 4. The predicted molar refractivity (Wildman–Crippen MR) is 203 cm³/mol. The Morgan fingerprint density at radius 1 is 0.982 bits per heavy atom. The van der Waals surface area contributed by atoms with E-state index in [0.717, 1.165) is 10.5 Å². The maximum atomic E-state index is 14.2. The smallest absolute Gasteiger partial charge is 0.329 e. The van der Waals surface area contributed by atoms with Crippen molar-refractivity contribution in [3.05, 3.63) is 36.0 Å². The lowest BCUT2D eigenvalue weighted by atomic mass is 9.81. The molecule has 3 aliphatic heterocycles. The largest absolute Gasteiger partial charge is 0.456 e. The van der Waals surface area contributed by atoms with Crippen LogP contribution in [0.1, 0.15) is 105 Å². The van der Waals surface area contributed by atoms with Crippen LogP contribution in [0.5, 0.6) is 0 Å². The Balaban J connectivity index is 1.73. The molecule has 4 aliphatic rings. The van der Waals surface area contributed by atoms with E-state index in [9.17, 15) is 44.7 Å². The van der Waals surface area contributed by atoms with E-state index in [1.54, 1.807) is 27.0 Å². The van der Waals surface area contributed by atoms with Gasteiger partial charge in [-0.25, -0.2) is 4.79 Å². The number of Topliss-reactive ketones (excluding diaryl/α,β-unsaturated/α-hetero) is 2. The number of hydrogen-bond acceptors (Lipinski definition) is 12. The van der Waals surface area contributed by atoms with Crippen LogP contribution in [0.4, 0.5) is 0 Å². The minimum absolute atomic E-state index is 0.00351. The number of carbonyl (C=O) groups is 4. The van der Waals surface area contributed by atoms with Crippen molar-refractivity contribution in [3.63, 3.8) is 0 Å². The molecule has 3 fully saturated rings. The Hall–Kier alpha value is -2.78. The van der Waals surface area contributed by atoms with Gasteiger partial charge in [-0.1, -0.05) is 44.6 Å². The normalized spacial score (nSPS) is 42.0. The van der Waals surface area contributed by atoms with E-state index in [0.29, 0.717) is 50.5 Å². The van der Waals surface area contributed by atoms with Crippen LogP contribution in [-0.4, -0.2) is 122 Å². The molecule has 0 aromatic carbocycles. The van der Waals surface area contributed by atoms with Gasteiger partial charge in [0.2, 0.25) is 5.79 Å². The van der Waals surface area contributed by atoms with Crippen molar-refractivity contribution in [3.8, 4) is 0 Å². The Morgan fingerprint density at radius 3 is 2.36 bits per heavy atom. The number of ketones is 2. The van der Waals surface area contributed by atoms with Crippen molar-refractivity contribution in [2.45, 2.75) is 160 Å². The summed E-state index contributed by atoms with van der Waals surface area (Å²) in [5.41, 5.74) is 1.50. The highest BCUT2D eigenvalue weighted by Gasteiger charge is 2.57. The number of carbonyl (C=O) groups excluding carboxylic acids is 4. The van der Waals surface area contributed by atoms with E-state index >= 15 is 0 Å². The van der Waals surface area contributed by atoms with Gasteiger partial charge in [0, 0.05) is 37.8 Å². The zero-order valence-electron chi connectivity index (χ0n) is 33.5. The number of methoxy groups -OCH3 is 1. The van der Waals surface area contributed by atoms with Gasteiger partial charge >= 0.3 is 5.97 Å². The minimum atomic E-state index is -2.59. The first kappa shape index (κ1) is 44.9. The minimum Gasteiger partial charge on any atom is -0.456 e. The van der Waals surface area contributed by atoms with Crippen molar-refractivity contribution < 1.29 is 58.9 Å². The molecule has 310 valence electrons. The predicted octanol–water partition coefficient (Wildman–Crippen LogP) is 3.33. The standard InChI is InChI=1S/C42H65NO12/c1-8-11-29-17-23(2)16-24(3)18-34(47)37(48)36-20-26(5)42(52,55-36)39(49)40(50)43-15-10-9-12-30(43)41(51)54-38(27(6)32(45)22-33(29)46)25(4)19-28-13-14-31(44)35(21-28)53-7/h8,17,19,24,26-32,34-38,44-45,47-48,52H,1,9-16,18,20-22H2,2-7H3/b23-17+,25-19+/t24-,26+,27+,28-,29?,30-,31+,32-,34?,35+,36?,37?,38?,42?/m0/s1. The fourth-order valence-electron chi connectivity index (χ4n) is 8.99. The first-order chi connectivity index (χ1) is 25.9. The maximum absolute atomic E-state index is 14.2. The van der Waals surface area contributed by atoms with E-state index < -0.39 is 83.9 Å². The van der Waals surface area contributed by atoms with Gasteiger partial charge in [0.05, 0.1) is 30.5 Å². The first-order valence-electron chi connectivity index (χ1n) is 20.1. The van der Waals surface area contributed by atoms with Gasteiger partial charge in [-0.05, 0) is 95.5 Å². The Morgan fingerprint density at radius 2 is 1.69 bits per heavy atom. The molecule has 5 N–H and O–H groups in total. The average Bonchev–Trinajstić information content (AvgIpc) is 3.46. The number of amides is 1. The number of esters is 1. The molecule has 0 spiro atoms. The van der Waals surface area contributed by atoms with Gasteiger partial charge in [0.15, 0.2) is 0 Å². The first-order valence-corrected chi connectivity index (χ1v) is 20.1. The number of allylic oxidation sites excluding steroid dienone is 4. The summed E-state index contributed by atoms with van der Waals surface area (Å²) in [7, 11) is 1.55. The van der Waals surface area contributed by atoms with Crippen molar-refractivity contribution >= 4 is 23.4 Å². The lowest BCUT2D eigenvalue weighted by Crippen LogP contribution is -2.57. The summed E-state index contributed by atoms with van der Waals surface area (Å²) in [4.78, 5) is 56.8. The third kappa shape index (κ3) is 10.8. The topological polar surface area (TPSA) is 200 Å². The third-order valence-electron chi connectivity index (χ3n) is 12.3. The number of ether oxygens (including phenoxy) is 3. The second-order valence-electron chi connectivity index (χ2n) is 16.9. The Labute approximate surface area is 325 Å². The van der Waals surface area contributed by atoms with E-state index in [1.807, 2.05) is 26.0 Å². The highest BCUT2D eigenvalue weighted by Crippen LogP contribution is 2.39. The SMILES string of the molecule is C=CCC1/C=C(\C)C[C@H](C)CC(O)C(O)C2C[C@@H](C)C(O)(O2)C(=O)C(=O)N2CCCC[C@H]2C(=O)OC(/C(C)=C/[C@@H]2CC[C@@H](O)[C@H](OC)C2)[C@H](C)[C@@H](O)CC1=O. The molecule has 0 aromatic heterocycles.